The molecule has 2 N–H and O–H groups in total. The Hall–Kier alpha value is -2.55. The summed E-state index contributed by atoms with van der Waals surface area (Å²) in [6, 6.07) is 9.80. The molecule has 0 aromatic heterocycles. The van der Waals surface area contributed by atoms with Gasteiger partial charge in [0.1, 0.15) is 23.0 Å². The molecule has 1 atom stereocenters. The predicted molar refractivity (Wildman–Crippen MR) is 127 cm³/mol. The third kappa shape index (κ3) is 9.00. The third-order valence-corrected chi connectivity index (χ3v) is 4.88. The van der Waals surface area contributed by atoms with Crippen molar-refractivity contribution in [1.29, 1.82) is 0 Å². The highest BCUT2D eigenvalue weighted by molar-refractivity contribution is 5.82. The molecule has 2 rings (SSSR count). The van der Waals surface area contributed by atoms with Crippen molar-refractivity contribution in [2.45, 2.75) is 65.5 Å². The zero-order chi connectivity index (χ0) is 25.3. The molecule has 0 radical (unpaired) electrons. The molecule has 0 spiro atoms. The van der Waals surface area contributed by atoms with Crippen LogP contribution in [0.25, 0.3) is 0 Å². The van der Waals surface area contributed by atoms with E-state index in [9.17, 15) is 13.6 Å². The minimum absolute atomic E-state index is 0.0589. The van der Waals surface area contributed by atoms with Gasteiger partial charge in [-0.1, -0.05) is 18.2 Å². The molecule has 2 aromatic rings. The topological polar surface area (TPSA) is 74.0 Å². The summed E-state index contributed by atoms with van der Waals surface area (Å²) in [6.07, 6.45) is -0.409. The summed E-state index contributed by atoms with van der Waals surface area (Å²) < 4.78 is 44.7. The van der Waals surface area contributed by atoms with E-state index in [-0.39, 0.29) is 36.6 Å². The normalized spacial score (nSPS) is 12.6. The van der Waals surface area contributed by atoms with E-state index in [2.05, 4.69) is 0 Å². The Kier molecular flexibility index (Phi) is 10.4. The van der Waals surface area contributed by atoms with Crippen molar-refractivity contribution in [2.24, 2.45) is 5.73 Å². The molecule has 1 amide bonds. The maximum absolute atomic E-state index is 14.3. The van der Waals surface area contributed by atoms with Crippen LogP contribution in [0.2, 0.25) is 0 Å². The Balaban J connectivity index is 2.17. The van der Waals surface area contributed by atoms with Crippen molar-refractivity contribution < 1.29 is 27.8 Å². The van der Waals surface area contributed by atoms with Gasteiger partial charge in [0.05, 0.1) is 12.6 Å². The van der Waals surface area contributed by atoms with Gasteiger partial charge in [-0.15, -0.1) is 0 Å². The number of ether oxygens (including phenoxy) is 3. The molecule has 0 heterocycles. The van der Waals surface area contributed by atoms with Crippen LogP contribution in [0.5, 0.6) is 5.75 Å². The van der Waals surface area contributed by atoms with Crippen LogP contribution in [0.1, 0.15) is 45.7 Å². The summed E-state index contributed by atoms with van der Waals surface area (Å²) in [4.78, 5) is 14.7. The molecule has 2 aromatic carbocycles. The lowest BCUT2D eigenvalue weighted by Crippen LogP contribution is -2.48. The fourth-order valence-electron chi connectivity index (χ4n) is 3.42. The van der Waals surface area contributed by atoms with Gasteiger partial charge in [-0.3, -0.25) is 4.79 Å². The highest BCUT2D eigenvalue weighted by Gasteiger charge is 2.26. The first-order valence-electron chi connectivity index (χ1n) is 11.5. The van der Waals surface area contributed by atoms with E-state index >= 15 is 0 Å². The number of nitrogens with two attached hydrogens (primary N) is 1. The molecular formula is C26H36F2N2O4. The van der Waals surface area contributed by atoms with Crippen molar-refractivity contribution >= 4 is 5.91 Å². The van der Waals surface area contributed by atoms with E-state index in [0.717, 1.165) is 23.4 Å². The minimum Gasteiger partial charge on any atom is -0.488 e. The predicted octanol–water partition coefficient (Wildman–Crippen LogP) is 4.44. The van der Waals surface area contributed by atoms with Crippen LogP contribution in [0.15, 0.2) is 42.5 Å². The Morgan fingerprint density at radius 3 is 2.18 bits per heavy atom. The molecule has 0 aliphatic carbocycles. The molecule has 1 unspecified atom stereocenters. The van der Waals surface area contributed by atoms with Gasteiger partial charge in [-0.2, -0.15) is 0 Å². The fraction of sp³-hybridized carbons (Fsp3) is 0.500. The SMILES string of the molecule is CCOC(CN(Cc1ccc(F)cc1F)C(=O)C(N)Cc1ccc(OC(C)(C)C)cc1)OCC. The highest BCUT2D eigenvalue weighted by Crippen LogP contribution is 2.20. The third-order valence-electron chi connectivity index (χ3n) is 4.88. The lowest BCUT2D eigenvalue weighted by atomic mass is 10.0. The van der Waals surface area contributed by atoms with Gasteiger partial charge in [-0.05, 0) is 64.8 Å². The van der Waals surface area contributed by atoms with Crippen LogP contribution < -0.4 is 10.5 Å². The molecule has 0 saturated carbocycles. The molecule has 6 nitrogen and oxygen atoms in total. The zero-order valence-electron chi connectivity index (χ0n) is 20.6. The first kappa shape index (κ1) is 27.7. The quantitative estimate of drug-likeness (QED) is 0.457. The summed E-state index contributed by atoms with van der Waals surface area (Å²) in [5.41, 5.74) is 6.99. The van der Waals surface area contributed by atoms with Crippen LogP contribution in [-0.4, -0.2) is 48.5 Å². The van der Waals surface area contributed by atoms with Gasteiger partial charge < -0.3 is 24.8 Å². The first-order chi connectivity index (χ1) is 16.0. The van der Waals surface area contributed by atoms with E-state index in [1.807, 2.05) is 58.9 Å². The summed E-state index contributed by atoms with van der Waals surface area (Å²) in [6.45, 7) is 10.3. The van der Waals surface area contributed by atoms with E-state index < -0.39 is 24.0 Å². The van der Waals surface area contributed by atoms with Gasteiger partial charge in [-0.25, -0.2) is 8.78 Å². The summed E-state index contributed by atoms with van der Waals surface area (Å²) in [5.74, 6) is -1.08. The number of carbonyl (C=O) groups excluding carboxylic acids is 1. The number of benzene rings is 2. The number of nitrogens with zero attached hydrogens (tertiary/aromatic N) is 1. The molecule has 188 valence electrons. The van der Waals surface area contributed by atoms with E-state index in [1.54, 1.807) is 0 Å². The van der Waals surface area contributed by atoms with Crippen molar-refractivity contribution in [1.82, 2.24) is 4.90 Å². The zero-order valence-corrected chi connectivity index (χ0v) is 20.6. The molecule has 0 aliphatic heterocycles. The van der Waals surface area contributed by atoms with Gasteiger partial charge in [0.25, 0.3) is 0 Å². The van der Waals surface area contributed by atoms with E-state index in [4.69, 9.17) is 19.9 Å². The van der Waals surface area contributed by atoms with Crippen LogP contribution in [0.3, 0.4) is 0 Å². The molecule has 0 aliphatic rings. The smallest absolute Gasteiger partial charge is 0.240 e. The lowest BCUT2D eigenvalue weighted by Gasteiger charge is -2.30. The maximum Gasteiger partial charge on any atom is 0.240 e. The number of hydrogen-bond acceptors (Lipinski definition) is 5. The van der Waals surface area contributed by atoms with Crippen molar-refractivity contribution in [3.8, 4) is 5.75 Å². The average molecular weight is 479 g/mol. The Bertz CT molecular complexity index is 910. The minimum atomic E-state index is -0.873. The summed E-state index contributed by atoms with van der Waals surface area (Å²) >= 11 is 0. The van der Waals surface area contributed by atoms with Crippen LogP contribution in [0.4, 0.5) is 8.78 Å². The molecule has 0 bridgehead atoms. The highest BCUT2D eigenvalue weighted by atomic mass is 19.1. The second kappa shape index (κ2) is 12.8. The van der Waals surface area contributed by atoms with Gasteiger partial charge in [0.15, 0.2) is 6.29 Å². The first-order valence-corrected chi connectivity index (χ1v) is 11.5. The number of amides is 1. The van der Waals surface area contributed by atoms with Gasteiger partial charge in [0, 0.05) is 31.4 Å². The van der Waals surface area contributed by atoms with Crippen molar-refractivity contribution in [3.05, 3.63) is 65.2 Å². The van der Waals surface area contributed by atoms with Gasteiger partial charge in [0.2, 0.25) is 5.91 Å². The Morgan fingerprint density at radius 1 is 1.03 bits per heavy atom. The van der Waals surface area contributed by atoms with Crippen LogP contribution >= 0.6 is 0 Å². The van der Waals surface area contributed by atoms with Crippen molar-refractivity contribution in [3.63, 3.8) is 0 Å². The second-order valence-corrected chi connectivity index (χ2v) is 8.96. The fourth-order valence-corrected chi connectivity index (χ4v) is 3.42. The van der Waals surface area contributed by atoms with Crippen LogP contribution in [-0.2, 0) is 27.2 Å². The number of halogens is 2. The van der Waals surface area contributed by atoms with E-state index in [0.29, 0.717) is 13.2 Å². The summed E-state index contributed by atoms with van der Waals surface area (Å²) in [5, 5.41) is 0. The second-order valence-electron chi connectivity index (χ2n) is 8.96. The average Bonchev–Trinajstić information content (AvgIpc) is 2.75. The monoisotopic (exact) mass is 478 g/mol. The van der Waals surface area contributed by atoms with Gasteiger partial charge >= 0.3 is 0 Å². The molecule has 0 saturated heterocycles. The van der Waals surface area contributed by atoms with Crippen LogP contribution in [0, 0.1) is 11.6 Å². The standard InChI is InChI=1S/C26H36F2N2O4/c1-6-32-24(33-7-2)17-30(16-19-10-11-20(27)15-22(19)28)25(31)23(29)14-18-8-12-21(13-9-18)34-26(3,4)5/h8-13,15,23-24H,6-7,14,16-17,29H2,1-5H3. The summed E-state index contributed by atoms with van der Waals surface area (Å²) in [7, 11) is 0. The Labute approximate surface area is 201 Å². The molecule has 8 heteroatoms. The number of hydrogen-bond donors (Lipinski definition) is 1. The molecular weight excluding hydrogens is 442 g/mol. The Morgan fingerprint density at radius 2 is 1.65 bits per heavy atom. The number of rotatable bonds is 12. The molecule has 0 fully saturated rings. The molecule has 34 heavy (non-hydrogen) atoms. The largest absolute Gasteiger partial charge is 0.488 e. The van der Waals surface area contributed by atoms with Crippen molar-refractivity contribution in [2.75, 3.05) is 19.8 Å². The maximum atomic E-state index is 14.3. The van der Waals surface area contributed by atoms with E-state index in [1.165, 1.54) is 11.0 Å². The number of carbonyl (C=O) groups is 1. The lowest BCUT2D eigenvalue weighted by molar-refractivity contribution is -0.160.